The summed E-state index contributed by atoms with van der Waals surface area (Å²) in [6.45, 7) is 16.2. The molecule has 3 aromatic carbocycles. The van der Waals surface area contributed by atoms with Gasteiger partial charge in [-0.2, -0.15) is 4.57 Å². The number of furan rings is 1. The molecule has 3 heteroatoms. The monoisotopic (exact) mass is 436 g/mol. The van der Waals surface area contributed by atoms with Crippen LogP contribution in [-0.2, 0) is 7.05 Å². The molecule has 33 heavy (non-hydrogen) atoms. The molecule has 0 saturated carbocycles. The van der Waals surface area contributed by atoms with Crippen LogP contribution in [0.4, 0.5) is 5.69 Å². The van der Waals surface area contributed by atoms with Gasteiger partial charge >= 0.3 is 0 Å². The summed E-state index contributed by atoms with van der Waals surface area (Å²) >= 11 is 0. The summed E-state index contributed by atoms with van der Waals surface area (Å²) < 4.78 is 50.1. The van der Waals surface area contributed by atoms with Crippen molar-refractivity contribution in [3.63, 3.8) is 0 Å². The van der Waals surface area contributed by atoms with E-state index >= 15 is 0 Å². The molecule has 162 valence electrons. The van der Waals surface area contributed by atoms with Gasteiger partial charge in [-0.25, -0.2) is 4.85 Å². The first-order valence-electron chi connectivity index (χ1n) is 13.4. The molecule has 0 N–H and O–H groups in total. The molecule has 2 heterocycles. The van der Waals surface area contributed by atoms with Gasteiger partial charge in [0.05, 0.1) is 19.0 Å². The largest absolute Gasteiger partial charge is 0.456 e. The van der Waals surface area contributed by atoms with Gasteiger partial charge in [0.25, 0.3) is 0 Å². The van der Waals surface area contributed by atoms with Gasteiger partial charge in [0, 0.05) is 34.9 Å². The maximum absolute atomic E-state index is 8.55. The van der Waals surface area contributed by atoms with Gasteiger partial charge in [-0.05, 0) is 30.0 Å². The highest BCUT2D eigenvalue weighted by Gasteiger charge is 2.25. The van der Waals surface area contributed by atoms with E-state index in [1.807, 2.05) is 26.1 Å². The summed E-state index contributed by atoms with van der Waals surface area (Å²) in [5, 5.41) is 1.55. The van der Waals surface area contributed by atoms with Gasteiger partial charge in [-0.3, -0.25) is 0 Å². The average Bonchev–Trinajstić information content (AvgIpc) is 3.27. The second kappa shape index (κ2) is 7.90. The number of benzene rings is 3. The smallest absolute Gasteiger partial charge is 0.216 e. The molecule has 0 atom stereocenters. The number of fused-ring (bicyclic) bond motifs is 3. The second-order valence-electron chi connectivity index (χ2n) is 8.66. The summed E-state index contributed by atoms with van der Waals surface area (Å²) in [6.07, 6.45) is 0. The van der Waals surface area contributed by atoms with E-state index in [0.717, 1.165) is 27.9 Å². The molecule has 3 nitrogen and oxygen atoms in total. The van der Waals surface area contributed by atoms with E-state index < -0.39 is 18.1 Å². The van der Waals surface area contributed by atoms with Crippen molar-refractivity contribution in [2.24, 2.45) is 7.05 Å². The third-order valence-corrected chi connectivity index (χ3v) is 6.45. The van der Waals surface area contributed by atoms with Crippen LogP contribution in [0.1, 0.15) is 43.4 Å². The molecule has 0 unspecified atom stereocenters. The Hall–Kier alpha value is -3.90. The van der Waals surface area contributed by atoms with Crippen molar-refractivity contribution in [2.75, 3.05) is 0 Å². The van der Waals surface area contributed by atoms with Crippen LogP contribution in [0.2, 0.25) is 0 Å². The number of pyridine rings is 1. The molecule has 5 rings (SSSR count). The zero-order chi connectivity index (χ0) is 27.6. The Morgan fingerprint density at radius 3 is 2.24 bits per heavy atom. The van der Waals surface area contributed by atoms with E-state index in [2.05, 4.69) is 42.3 Å². The van der Waals surface area contributed by atoms with Crippen LogP contribution in [0.15, 0.2) is 71.0 Å². The first kappa shape index (κ1) is 15.8. The summed E-state index contributed by atoms with van der Waals surface area (Å²) in [4.78, 5) is 3.63. The molecule has 0 aliphatic rings. The minimum Gasteiger partial charge on any atom is -0.456 e. The third kappa shape index (κ3) is 3.22. The van der Waals surface area contributed by atoms with E-state index in [1.165, 1.54) is 5.56 Å². The standard InChI is InChI=1S/C30H27N2O/c1-18(2)22-15-17-26(32(6)20(22)4)27-19(3)12-13-23-24-14-16-25(31-5)28(30(24)33-29(23)27)21-10-8-7-9-11-21/h7-18H,1-4,6H3/q+1/i7D,8D,9D,10D,11D. The Morgan fingerprint density at radius 1 is 0.909 bits per heavy atom. The van der Waals surface area contributed by atoms with Crippen LogP contribution in [0, 0.1) is 20.4 Å². The van der Waals surface area contributed by atoms with Crippen molar-refractivity contribution in [2.45, 2.75) is 33.6 Å². The lowest BCUT2D eigenvalue weighted by molar-refractivity contribution is -0.667. The minimum absolute atomic E-state index is 0.0346. The summed E-state index contributed by atoms with van der Waals surface area (Å²) in [7, 11) is 2.03. The normalized spacial score (nSPS) is 13.5. The molecule has 0 amide bonds. The van der Waals surface area contributed by atoms with Gasteiger partial charge in [0.2, 0.25) is 5.69 Å². The van der Waals surface area contributed by atoms with Crippen molar-refractivity contribution in [3.05, 3.63) is 94.8 Å². The van der Waals surface area contributed by atoms with Crippen LogP contribution in [0.25, 0.3) is 49.2 Å². The van der Waals surface area contributed by atoms with Crippen LogP contribution in [0.3, 0.4) is 0 Å². The topological polar surface area (TPSA) is 21.4 Å². The molecule has 2 aromatic heterocycles. The van der Waals surface area contributed by atoms with Crippen molar-refractivity contribution >= 4 is 27.6 Å². The van der Waals surface area contributed by atoms with Gasteiger partial charge in [-0.1, -0.05) is 68.3 Å². The van der Waals surface area contributed by atoms with Crippen molar-refractivity contribution in [1.82, 2.24) is 0 Å². The zero-order valence-corrected chi connectivity index (χ0v) is 19.3. The Morgan fingerprint density at radius 2 is 1.58 bits per heavy atom. The SMILES string of the molecule is [2H]c1c([2H])c([2H])c(-c2c([N+]#[C-])ccc3c2oc2c(-c4ccc(C(C)C)c(C)[n+]4C)c(C)ccc23)c([2H])c1[2H]. The Kier molecular flexibility index (Phi) is 3.79. The first-order chi connectivity index (χ1) is 18.0. The number of nitrogens with zero attached hydrogens (tertiary/aromatic N) is 2. The minimum atomic E-state index is -0.476. The molecule has 0 fully saturated rings. The predicted octanol–water partition coefficient (Wildman–Crippen LogP) is 8.04. The van der Waals surface area contributed by atoms with E-state index in [-0.39, 0.29) is 28.9 Å². The number of hydrogen-bond acceptors (Lipinski definition) is 1. The number of aryl methyl sites for hydroxylation is 1. The van der Waals surface area contributed by atoms with Gasteiger partial charge < -0.3 is 4.42 Å². The Labute approximate surface area is 201 Å². The van der Waals surface area contributed by atoms with E-state index in [1.54, 1.807) is 12.1 Å². The van der Waals surface area contributed by atoms with Crippen molar-refractivity contribution in [1.29, 1.82) is 0 Å². The molecular formula is C30H27N2O+. The first-order valence-corrected chi connectivity index (χ1v) is 10.9. The predicted molar refractivity (Wildman–Crippen MR) is 136 cm³/mol. The average molecular weight is 437 g/mol. The van der Waals surface area contributed by atoms with Gasteiger partial charge in [0.1, 0.15) is 18.2 Å². The molecule has 0 spiro atoms. The summed E-state index contributed by atoms with van der Waals surface area (Å²) in [6, 6.07) is 9.57. The fourth-order valence-corrected chi connectivity index (χ4v) is 4.66. The molecular weight excluding hydrogens is 404 g/mol. The van der Waals surface area contributed by atoms with Crippen LogP contribution < -0.4 is 4.57 Å². The van der Waals surface area contributed by atoms with Crippen LogP contribution >= 0.6 is 0 Å². The Balaban J connectivity index is 1.93. The maximum Gasteiger partial charge on any atom is 0.216 e. The lowest BCUT2D eigenvalue weighted by Crippen LogP contribution is -2.36. The fourth-order valence-electron chi connectivity index (χ4n) is 4.66. The van der Waals surface area contributed by atoms with Crippen molar-refractivity contribution in [3.8, 4) is 22.4 Å². The van der Waals surface area contributed by atoms with Crippen molar-refractivity contribution < 1.29 is 15.8 Å². The molecule has 0 aliphatic heterocycles. The molecule has 0 bridgehead atoms. The van der Waals surface area contributed by atoms with Crippen LogP contribution in [0.5, 0.6) is 0 Å². The van der Waals surface area contributed by atoms with E-state index in [4.69, 9.17) is 17.8 Å². The van der Waals surface area contributed by atoms with E-state index in [9.17, 15) is 0 Å². The highest BCUT2D eigenvalue weighted by Crippen LogP contribution is 2.44. The molecule has 0 aliphatic carbocycles. The van der Waals surface area contributed by atoms with E-state index in [0.29, 0.717) is 22.5 Å². The maximum atomic E-state index is 8.55. The second-order valence-corrected chi connectivity index (χ2v) is 8.66. The number of aromatic nitrogens is 1. The fraction of sp³-hybridized carbons (Fsp3) is 0.200. The third-order valence-electron chi connectivity index (χ3n) is 6.45. The van der Waals surface area contributed by atoms with Gasteiger partial charge in [-0.15, -0.1) is 0 Å². The number of hydrogen-bond donors (Lipinski definition) is 0. The zero-order valence-electron chi connectivity index (χ0n) is 24.3. The Bertz CT molecular complexity index is 1820. The molecule has 0 radical (unpaired) electrons. The van der Waals surface area contributed by atoms with Gasteiger partial charge in [0.15, 0.2) is 11.4 Å². The number of rotatable bonds is 3. The summed E-state index contributed by atoms with van der Waals surface area (Å²) in [5.41, 5.74) is 6.61. The quantitative estimate of drug-likeness (QED) is 0.207. The molecule has 0 saturated heterocycles. The highest BCUT2D eigenvalue weighted by molar-refractivity contribution is 6.15. The lowest BCUT2D eigenvalue weighted by Gasteiger charge is -2.11. The molecule has 5 aromatic rings. The van der Waals surface area contributed by atoms with Crippen LogP contribution in [-0.4, -0.2) is 0 Å². The summed E-state index contributed by atoms with van der Waals surface area (Å²) in [5.74, 6) is 0.380. The highest BCUT2D eigenvalue weighted by atomic mass is 16.3. The lowest BCUT2D eigenvalue weighted by atomic mass is 9.96.